The maximum Gasteiger partial charge on any atom is 0.334 e. The van der Waals surface area contributed by atoms with E-state index in [1.54, 1.807) is 0 Å². The molecule has 0 aliphatic carbocycles. The average Bonchev–Trinajstić information content (AvgIpc) is 2.86. The fraction of sp³-hybridized carbons (Fsp3) is 0.259. The highest BCUT2D eigenvalue weighted by atomic mass is 32.2. The summed E-state index contributed by atoms with van der Waals surface area (Å²) in [6, 6.07) is 27.1. The van der Waals surface area contributed by atoms with Crippen molar-refractivity contribution >= 4 is 29.4 Å². The molecule has 172 valence electrons. The van der Waals surface area contributed by atoms with Gasteiger partial charge < -0.3 is 14.4 Å². The van der Waals surface area contributed by atoms with E-state index in [4.69, 9.17) is 9.47 Å². The molecule has 33 heavy (non-hydrogen) atoms. The van der Waals surface area contributed by atoms with E-state index in [0.717, 1.165) is 33.5 Å². The van der Waals surface area contributed by atoms with Gasteiger partial charge in [0.25, 0.3) is 0 Å². The number of hydrogen-bond donors (Lipinski definition) is 0. The Morgan fingerprint density at radius 2 is 1.36 bits per heavy atom. The monoisotopic (exact) mass is 463 g/mol. The number of thioether (sulfide) groups is 1. The van der Waals surface area contributed by atoms with Gasteiger partial charge in [-0.3, -0.25) is 0 Å². The first kappa shape index (κ1) is 24.4. The molecule has 0 N–H and O–H groups in total. The van der Waals surface area contributed by atoms with Crippen LogP contribution in [0, 0.1) is 6.92 Å². The van der Waals surface area contributed by atoms with Crippen molar-refractivity contribution in [3.05, 3.63) is 96.1 Å². The molecule has 3 aromatic carbocycles. The second-order valence-corrected chi connectivity index (χ2v) is 9.17. The lowest BCUT2D eigenvalue weighted by Gasteiger charge is -2.37. The van der Waals surface area contributed by atoms with Crippen molar-refractivity contribution < 1.29 is 19.1 Å². The van der Waals surface area contributed by atoms with Gasteiger partial charge in [0.05, 0.1) is 20.3 Å². The van der Waals surface area contributed by atoms with Gasteiger partial charge in [-0.2, -0.15) is 0 Å². The number of aryl methyl sites for hydroxylation is 1. The van der Waals surface area contributed by atoms with E-state index in [2.05, 4.69) is 4.90 Å². The van der Waals surface area contributed by atoms with E-state index in [9.17, 15) is 9.59 Å². The Labute approximate surface area is 199 Å². The van der Waals surface area contributed by atoms with Crippen LogP contribution in [-0.4, -0.2) is 38.0 Å². The predicted octanol–water partition coefficient (Wildman–Crippen LogP) is 5.44. The average molecular weight is 464 g/mol. The summed E-state index contributed by atoms with van der Waals surface area (Å²) in [5, 5.41) is 0. The molecule has 0 heterocycles. The highest BCUT2D eigenvalue weighted by Gasteiger charge is 2.52. The van der Waals surface area contributed by atoms with Crippen LogP contribution in [0.3, 0.4) is 0 Å². The van der Waals surface area contributed by atoms with Crippen molar-refractivity contribution in [2.75, 3.05) is 26.2 Å². The van der Waals surface area contributed by atoms with Crippen LogP contribution in [0.5, 0.6) is 0 Å². The number of anilines is 1. The van der Waals surface area contributed by atoms with Gasteiger partial charge in [-0.15, -0.1) is 0 Å². The first-order valence-corrected chi connectivity index (χ1v) is 11.5. The van der Waals surface area contributed by atoms with Crippen molar-refractivity contribution in [1.82, 2.24) is 0 Å². The van der Waals surface area contributed by atoms with Gasteiger partial charge in [0, 0.05) is 24.1 Å². The lowest BCUT2D eigenvalue weighted by Crippen LogP contribution is -2.48. The highest BCUT2D eigenvalue weighted by Crippen LogP contribution is 2.44. The summed E-state index contributed by atoms with van der Waals surface area (Å²) in [5.41, 5.74) is 3.11. The van der Waals surface area contributed by atoms with Crippen molar-refractivity contribution in [1.29, 1.82) is 0 Å². The van der Waals surface area contributed by atoms with Gasteiger partial charge in [0.1, 0.15) is 0 Å². The SMILES string of the molecule is COC(=O)C(CC(c1ccccc1)N(C)c1ccc(C)cc1)(Sc1ccccc1)C(=O)OC. The lowest BCUT2D eigenvalue weighted by molar-refractivity contribution is -0.156. The fourth-order valence-electron chi connectivity index (χ4n) is 3.78. The number of carbonyl (C=O) groups excluding carboxylic acids is 2. The van der Waals surface area contributed by atoms with Gasteiger partial charge in [-0.05, 0) is 36.8 Å². The van der Waals surface area contributed by atoms with Crippen LogP contribution < -0.4 is 4.90 Å². The standard InChI is InChI=1S/C27H29NO4S/c1-20-15-17-22(18-16-20)28(2)24(21-11-7-5-8-12-21)19-27(25(29)31-3,26(30)32-4)33-23-13-9-6-10-14-23/h5-18,24H,19H2,1-4H3. The van der Waals surface area contributed by atoms with E-state index >= 15 is 0 Å². The molecule has 3 rings (SSSR count). The van der Waals surface area contributed by atoms with Crippen molar-refractivity contribution in [2.24, 2.45) is 0 Å². The molecule has 3 aromatic rings. The largest absolute Gasteiger partial charge is 0.468 e. The van der Waals surface area contributed by atoms with Crippen molar-refractivity contribution in [3.8, 4) is 0 Å². The zero-order chi connectivity index (χ0) is 23.8. The second kappa shape index (κ2) is 11.1. The molecule has 0 amide bonds. The molecule has 0 bridgehead atoms. The smallest absolute Gasteiger partial charge is 0.334 e. The maximum absolute atomic E-state index is 13.2. The summed E-state index contributed by atoms with van der Waals surface area (Å²) >= 11 is 1.16. The number of nitrogens with zero attached hydrogens (tertiary/aromatic N) is 1. The van der Waals surface area contributed by atoms with E-state index < -0.39 is 16.7 Å². The highest BCUT2D eigenvalue weighted by molar-refractivity contribution is 8.02. The van der Waals surface area contributed by atoms with E-state index in [-0.39, 0.29) is 12.5 Å². The van der Waals surface area contributed by atoms with Gasteiger partial charge in [0.15, 0.2) is 0 Å². The van der Waals surface area contributed by atoms with Crippen LogP contribution in [0.25, 0.3) is 0 Å². The van der Waals surface area contributed by atoms with E-state index in [1.807, 2.05) is 98.9 Å². The normalized spacial score (nSPS) is 12.0. The van der Waals surface area contributed by atoms with Crippen LogP contribution >= 0.6 is 11.8 Å². The molecule has 0 aliphatic rings. The third-order valence-corrected chi connectivity index (χ3v) is 7.00. The summed E-state index contributed by atoms with van der Waals surface area (Å²) in [7, 11) is 4.56. The minimum Gasteiger partial charge on any atom is -0.468 e. The summed E-state index contributed by atoms with van der Waals surface area (Å²) in [6.45, 7) is 2.04. The first-order valence-electron chi connectivity index (χ1n) is 10.7. The number of methoxy groups -OCH3 is 2. The third-order valence-electron chi connectivity index (χ3n) is 5.64. The Morgan fingerprint density at radius 1 is 0.848 bits per heavy atom. The van der Waals surface area contributed by atoms with Crippen LogP contribution in [0.15, 0.2) is 89.8 Å². The molecule has 1 atom stereocenters. The Morgan fingerprint density at radius 3 is 1.88 bits per heavy atom. The molecule has 0 saturated carbocycles. The van der Waals surface area contributed by atoms with Crippen molar-refractivity contribution in [3.63, 3.8) is 0 Å². The molecule has 1 unspecified atom stereocenters. The number of benzene rings is 3. The van der Waals surface area contributed by atoms with Crippen LogP contribution in [0.4, 0.5) is 5.69 Å². The molecule has 0 saturated heterocycles. The number of carbonyl (C=O) groups is 2. The summed E-state index contributed by atoms with van der Waals surface area (Å²) in [6.07, 6.45) is 0.153. The molecule has 5 nitrogen and oxygen atoms in total. The molecular formula is C27H29NO4S. The molecule has 0 aromatic heterocycles. The first-order chi connectivity index (χ1) is 15.9. The number of ether oxygens (including phenoxy) is 2. The van der Waals surface area contributed by atoms with Gasteiger partial charge >= 0.3 is 11.9 Å². The maximum atomic E-state index is 13.2. The summed E-state index contributed by atoms with van der Waals surface area (Å²) in [5.74, 6) is -1.28. The van der Waals surface area contributed by atoms with Crippen LogP contribution in [-0.2, 0) is 19.1 Å². The minimum atomic E-state index is -1.59. The van der Waals surface area contributed by atoms with Crippen molar-refractivity contribution in [2.45, 2.75) is 29.0 Å². The van der Waals surface area contributed by atoms with E-state index in [0.29, 0.717) is 0 Å². The van der Waals surface area contributed by atoms with Crippen LogP contribution in [0.2, 0.25) is 0 Å². The Kier molecular flexibility index (Phi) is 8.17. The zero-order valence-electron chi connectivity index (χ0n) is 19.4. The van der Waals surface area contributed by atoms with Gasteiger partial charge in [0.2, 0.25) is 4.75 Å². The number of rotatable bonds is 9. The summed E-state index contributed by atoms with van der Waals surface area (Å²) < 4.78 is 8.75. The second-order valence-electron chi connectivity index (χ2n) is 7.80. The van der Waals surface area contributed by atoms with Gasteiger partial charge in [-0.25, -0.2) is 9.59 Å². The molecule has 0 aliphatic heterocycles. The third kappa shape index (κ3) is 5.57. The zero-order valence-corrected chi connectivity index (χ0v) is 20.2. The van der Waals surface area contributed by atoms with Gasteiger partial charge in [-0.1, -0.05) is 78.0 Å². The Bertz CT molecular complexity index is 1040. The number of hydrogen-bond acceptors (Lipinski definition) is 6. The molecule has 6 heteroatoms. The van der Waals surface area contributed by atoms with E-state index in [1.165, 1.54) is 14.2 Å². The molecular weight excluding hydrogens is 434 g/mol. The fourth-order valence-corrected chi connectivity index (χ4v) is 5.05. The summed E-state index contributed by atoms with van der Waals surface area (Å²) in [4.78, 5) is 29.4. The quantitative estimate of drug-likeness (QED) is 0.239. The Balaban J connectivity index is 2.12. The molecule has 0 radical (unpaired) electrons. The predicted molar refractivity (Wildman–Crippen MR) is 132 cm³/mol. The lowest BCUT2D eigenvalue weighted by atomic mass is 9.92. The number of esters is 2. The Hall–Kier alpha value is -3.25. The minimum absolute atomic E-state index is 0.153. The molecule has 0 spiro atoms. The topological polar surface area (TPSA) is 55.8 Å². The van der Waals surface area contributed by atoms with Crippen LogP contribution in [0.1, 0.15) is 23.6 Å². The molecule has 0 fully saturated rings.